The molecule has 1 aromatic heterocycles. The van der Waals surface area contributed by atoms with Crippen molar-refractivity contribution in [2.24, 2.45) is 0 Å². The summed E-state index contributed by atoms with van der Waals surface area (Å²) in [4.78, 5) is 24.5. The highest BCUT2D eigenvalue weighted by atomic mass is 32.1. The van der Waals surface area contributed by atoms with Gasteiger partial charge in [-0.05, 0) is 19.1 Å². The van der Waals surface area contributed by atoms with Crippen LogP contribution in [-0.4, -0.2) is 26.1 Å². The second kappa shape index (κ2) is 6.41. The fraction of sp³-hybridized carbons (Fsp3) is 0.200. The number of esters is 1. The topological polar surface area (TPSA) is 64.6 Å². The smallest absolute Gasteiger partial charge is 0.339 e. The number of thiophene rings is 1. The third kappa shape index (κ3) is 3.41. The second-order valence-corrected chi connectivity index (χ2v) is 5.26. The summed E-state index contributed by atoms with van der Waals surface area (Å²) < 4.78 is 9.78. The molecule has 1 heterocycles. The Bertz CT molecular complexity index is 678. The van der Waals surface area contributed by atoms with E-state index in [1.54, 1.807) is 30.7 Å². The van der Waals surface area contributed by atoms with Gasteiger partial charge in [0.25, 0.3) is 5.91 Å². The molecule has 1 N–H and O–H groups in total. The first-order valence-corrected chi connectivity index (χ1v) is 7.06. The Morgan fingerprint density at radius 3 is 2.57 bits per heavy atom. The number of nitrogens with one attached hydrogen (secondary N) is 1. The van der Waals surface area contributed by atoms with Crippen LogP contribution in [0.15, 0.2) is 29.6 Å². The van der Waals surface area contributed by atoms with Crippen LogP contribution in [0.1, 0.15) is 25.6 Å². The average Bonchev–Trinajstić information content (AvgIpc) is 2.97. The highest BCUT2D eigenvalue weighted by Crippen LogP contribution is 2.24. The van der Waals surface area contributed by atoms with E-state index < -0.39 is 5.97 Å². The summed E-state index contributed by atoms with van der Waals surface area (Å²) >= 11 is 1.27. The molecule has 2 rings (SSSR count). The molecule has 0 radical (unpaired) electrons. The van der Waals surface area contributed by atoms with Crippen molar-refractivity contribution < 1.29 is 19.1 Å². The fourth-order valence-electron chi connectivity index (χ4n) is 1.77. The number of hydrogen-bond donors (Lipinski definition) is 1. The number of benzene rings is 1. The number of anilines is 1. The predicted molar refractivity (Wildman–Crippen MR) is 81.3 cm³/mol. The summed E-state index contributed by atoms with van der Waals surface area (Å²) in [6, 6.07) is 6.82. The molecule has 0 unspecified atom stereocenters. The van der Waals surface area contributed by atoms with Crippen LogP contribution in [0.5, 0.6) is 5.75 Å². The zero-order chi connectivity index (χ0) is 15.4. The van der Waals surface area contributed by atoms with E-state index in [9.17, 15) is 9.59 Å². The number of methoxy groups -OCH3 is 2. The zero-order valence-corrected chi connectivity index (χ0v) is 12.7. The van der Waals surface area contributed by atoms with E-state index in [0.717, 1.165) is 5.56 Å². The predicted octanol–water partition coefficient (Wildman–Crippen LogP) is 3.10. The molecule has 5 nitrogen and oxygen atoms in total. The molecule has 0 saturated carbocycles. The second-order valence-electron chi connectivity index (χ2n) is 4.35. The van der Waals surface area contributed by atoms with Crippen molar-refractivity contribution in [3.63, 3.8) is 0 Å². The molecule has 0 saturated heterocycles. The lowest BCUT2D eigenvalue weighted by atomic mass is 10.1. The van der Waals surface area contributed by atoms with Gasteiger partial charge in [0.05, 0.1) is 30.3 Å². The Morgan fingerprint density at radius 1 is 1.19 bits per heavy atom. The summed E-state index contributed by atoms with van der Waals surface area (Å²) in [5.41, 5.74) is 1.66. The lowest BCUT2D eigenvalue weighted by Crippen LogP contribution is -2.14. The number of carbonyl (C=O) groups excluding carboxylic acids is 2. The third-order valence-corrected chi connectivity index (χ3v) is 3.77. The van der Waals surface area contributed by atoms with E-state index >= 15 is 0 Å². The maximum absolute atomic E-state index is 12.2. The Balaban J connectivity index is 2.26. The van der Waals surface area contributed by atoms with Crippen molar-refractivity contribution in [2.75, 3.05) is 19.5 Å². The SMILES string of the molecule is COC(=O)c1cc(C)ccc1NC(=O)c1cc(OC)cs1. The van der Waals surface area contributed by atoms with E-state index in [-0.39, 0.29) is 5.91 Å². The molecule has 1 amide bonds. The minimum absolute atomic E-state index is 0.294. The standard InChI is InChI=1S/C15H15NO4S/c1-9-4-5-12(11(6-9)15(18)20-3)16-14(17)13-7-10(19-2)8-21-13/h4-8H,1-3H3,(H,16,17). The van der Waals surface area contributed by atoms with Gasteiger partial charge in [-0.2, -0.15) is 0 Å². The number of aryl methyl sites for hydroxylation is 1. The van der Waals surface area contributed by atoms with Gasteiger partial charge in [-0.25, -0.2) is 4.79 Å². The minimum atomic E-state index is -0.488. The van der Waals surface area contributed by atoms with Crippen molar-refractivity contribution in [2.45, 2.75) is 6.92 Å². The van der Waals surface area contributed by atoms with E-state index in [2.05, 4.69) is 5.32 Å². The van der Waals surface area contributed by atoms with Gasteiger partial charge in [0.1, 0.15) is 5.75 Å². The number of hydrogen-bond acceptors (Lipinski definition) is 5. The third-order valence-electron chi connectivity index (χ3n) is 2.86. The molecule has 1 aromatic carbocycles. The number of ether oxygens (including phenoxy) is 2. The van der Waals surface area contributed by atoms with Crippen LogP contribution in [0.25, 0.3) is 0 Å². The van der Waals surface area contributed by atoms with Gasteiger partial charge in [0.2, 0.25) is 0 Å². The summed E-state index contributed by atoms with van der Waals surface area (Å²) in [6.07, 6.45) is 0. The quantitative estimate of drug-likeness (QED) is 0.882. The van der Waals surface area contributed by atoms with Crippen LogP contribution < -0.4 is 10.1 Å². The fourth-order valence-corrected chi connectivity index (χ4v) is 2.52. The molecule has 6 heteroatoms. The van der Waals surface area contributed by atoms with Crippen LogP contribution in [0, 0.1) is 6.92 Å². The van der Waals surface area contributed by atoms with Crippen LogP contribution in [0.4, 0.5) is 5.69 Å². The molecular weight excluding hydrogens is 290 g/mol. The molecule has 21 heavy (non-hydrogen) atoms. The van der Waals surface area contributed by atoms with Gasteiger partial charge in [-0.15, -0.1) is 11.3 Å². The summed E-state index contributed by atoms with van der Waals surface area (Å²) in [5.74, 6) is -0.155. The van der Waals surface area contributed by atoms with Crippen LogP contribution >= 0.6 is 11.3 Å². The Hall–Kier alpha value is -2.34. The molecular formula is C15H15NO4S. The number of amides is 1. The Kier molecular flexibility index (Phi) is 4.59. The van der Waals surface area contributed by atoms with Crippen molar-refractivity contribution in [1.29, 1.82) is 0 Å². The maximum atomic E-state index is 12.2. The van der Waals surface area contributed by atoms with Gasteiger partial charge in [0, 0.05) is 11.4 Å². The van der Waals surface area contributed by atoms with Gasteiger partial charge >= 0.3 is 5.97 Å². The number of rotatable bonds is 4. The van der Waals surface area contributed by atoms with Crippen molar-refractivity contribution >= 4 is 28.9 Å². The van der Waals surface area contributed by atoms with E-state index in [1.165, 1.54) is 18.4 Å². The molecule has 0 fully saturated rings. The highest BCUT2D eigenvalue weighted by molar-refractivity contribution is 7.12. The molecule has 0 aliphatic heterocycles. The lowest BCUT2D eigenvalue weighted by molar-refractivity contribution is 0.0602. The molecule has 0 bridgehead atoms. The van der Waals surface area contributed by atoms with Crippen LogP contribution in [-0.2, 0) is 4.74 Å². The normalized spacial score (nSPS) is 10.0. The zero-order valence-electron chi connectivity index (χ0n) is 11.9. The molecule has 110 valence electrons. The van der Waals surface area contributed by atoms with Gasteiger partial charge in [0.15, 0.2) is 0 Å². The molecule has 2 aromatic rings. The largest absolute Gasteiger partial charge is 0.496 e. The van der Waals surface area contributed by atoms with Crippen molar-refractivity contribution in [1.82, 2.24) is 0 Å². The van der Waals surface area contributed by atoms with Gasteiger partial charge < -0.3 is 14.8 Å². The lowest BCUT2D eigenvalue weighted by Gasteiger charge is -2.09. The average molecular weight is 305 g/mol. The van der Waals surface area contributed by atoms with Gasteiger partial charge in [-0.3, -0.25) is 4.79 Å². The summed E-state index contributed by atoms with van der Waals surface area (Å²) in [7, 11) is 2.85. The summed E-state index contributed by atoms with van der Waals surface area (Å²) in [5, 5.41) is 4.46. The molecule has 0 aliphatic rings. The molecule has 0 atom stereocenters. The first-order valence-electron chi connectivity index (χ1n) is 6.18. The Morgan fingerprint density at radius 2 is 1.95 bits per heavy atom. The highest BCUT2D eigenvalue weighted by Gasteiger charge is 2.16. The van der Waals surface area contributed by atoms with E-state index in [1.807, 2.05) is 13.0 Å². The van der Waals surface area contributed by atoms with Crippen molar-refractivity contribution in [3.8, 4) is 5.75 Å². The number of carbonyl (C=O) groups is 2. The van der Waals surface area contributed by atoms with Crippen molar-refractivity contribution in [3.05, 3.63) is 45.6 Å². The molecule has 0 spiro atoms. The van der Waals surface area contributed by atoms with Crippen LogP contribution in [0.2, 0.25) is 0 Å². The summed E-state index contributed by atoms with van der Waals surface area (Å²) in [6.45, 7) is 1.86. The van der Waals surface area contributed by atoms with Crippen LogP contribution in [0.3, 0.4) is 0 Å². The van der Waals surface area contributed by atoms with E-state index in [0.29, 0.717) is 21.9 Å². The monoisotopic (exact) mass is 305 g/mol. The van der Waals surface area contributed by atoms with E-state index in [4.69, 9.17) is 9.47 Å². The maximum Gasteiger partial charge on any atom is 0.339 e. The first kappa shape index (κ1) is 15.1. The minimum Gasteiger partial charge on any atom is -0.496 e. The van der Waals surface area contributed by atoms with Gasteiger partial charge in [-0.1, -0.05) is 11.6 Å². The first-order chi connectivity index (χ1) is 10.0. The molecule has 0 aliphatic carbocycles. The Labute approximate surface area is 126 Å².